The van der Waals surface area contributed by atoms with Gasteiger partial charge in [0.25, 0.3) is 5.91 Å². The molecule has 0 unspecified atom stereocenters. The first-order chi connectivity index (χ1) is 31.3. The van der Waals surface area contributed by atoms with Gasteiger partial charge in [0.05, 0.1) is 85.8 Å². The van der Waals surface area contributed by atoms with Crippen LogP contribution < -0.4 is 20.4 Å². The molecule has 11 rings (SSSR count). The molecule has 0 bridgehead atoms. The fourth-order valence-electron chi connectivity index (χ4n) is 8.88. The number of furan rings is 3. The first kappa shape index (κ1) is 40.3. The Morgan fingerprint density at radius 3 is 1.62 bits per heavy atom. The average Bonchev–Trinajstić information content (AvgIpc) is 4.16. The first-order valence-corrected chi connectivity index (χ1v) is 21.2. The second-order valence-electron chi connectivity index (χ2n) is 16.2. The predicted molar refractivity (Wildman–Crippen MR) is 232 cm³/mol. The first-order valence-electron chi connectivity index (χ1n) is 21.2. The molecule has 64 heavy (non-hydrogen) atoms. The molecule has 5 aromatic heterocycles. The van der Waals surface area contributed by atoms with Crippen molar-refractivity contribution < 1.29 is 41.9 Å². The number of fused-ring (bicyclic) bond motifs is 6. The molecule has 326 valence electrons. The van der Waals surface area contributed by atoms with Gasteiger partial charge in [-0.2, -0.15) is 10.2 Å². The number of anilines is 2. The minimum Gasteiger partial charge on any atom is -0.472 e. The summed E-state index contributed by atoms with van der Waals surface area (Å²) in [6.45, 7) is 2.77. The van der Waals surface area contributed by atoms with E-state index in [-0.39, 0.29) is 30.6 Å². The maximum absolute atomic E-state index is 12.6. The molecule has 2 atom stereocenters. The second kappa shape index (κ2) is 17.2. The molecule has 2 aliphatic heterocycles. The number of nitrogens with one attached hydrogen (secondary N) is 4. The van der Waals surface area contributed by atoms with E-state index < -0.39 is 12.2 Å². The summed E-state index contributed by atoms with van der Waals surface area (Å²) >= 11 is 0. The average molecular weight is 865 g/mol. The summed E-state index contributed by atoms with van der Waals surface area (Å²) in [6, 6.07) is 17.5. The van der Waals surface area contributed by atoms with Crippen LogP contribution in [0.4, 0.5) is 21.0 Å². The highest BCUT2D eigenvalue weighted by atomic mass is 16.6. The van der Waals surface area contributed by atoms with Crippen LogP contribution in [0.1, 0.15) is 52.4 Å². The molecule has 2 saturated heterocycles. The van der Waals surface area contributed by atoms with Gasteiger partial charge < -0.3 is 33.4 Å². The second-order valence-corrected chi connectivity index (χ2v) is 16.2. The lowest BCUT2D eigenvalue weighted by atomic mass is 10.00. The van der Waals surface area contributed by atoms with Crippen molar-refractivity contribution in [3.8, 4) is 45.0 Å². The summed E-state index contributed by atoms with van der Waals surface area (Å²) < 4.78 is 26.3. The molecule has 4 amide bonds. The normalized spacial score (nSPS) is 17.5. The zero-order chi connectivity index (χ0) is 43.7. The number of carbonyl (C=O) groups excluding carboxylic acids is 4. The van der Waals surface area contributed by atoms with Crippen molar-refractivity contribution in [1.82, 2.24) is 31.0 Å². The van der Waals surface area contributed by atoms with Gasteiger partial charge in [0.15, 0.2) is 0 Å². The molecule has 2 fully saturated rings. The van der Waals surface area contributed by atoms with Crippen LogP contribution in [0.3, 0.4) is 0 Å². The molecular weight excluding hydrogens is 821 g/mol. The molecule has 4 N–H and O–H groups in total. The Morgan fingerprint density at radius 1 is 0.656 bits per heavy atom. The Kier molecular flexibility index (Phi) is 10.8. The van der Waals surface area contributed by atoms with Crippen LogP contribution in [-0.2, 0) is 40.0 Å². The van der Waals surface area contributed by atoms with E-state index in [1.165, 1.54) is 36.1 Å². The third-order valence-corrected chi connectivity index (χ3v) is 12.0. The topological polar surface area (TPSA) is 214 Å². The molecular formula is C47H44N8O9. The molecule has 2 aromatic carbocycles. The fraction of sp³-hybridized carbons (Fsp3) is 0.277. The molecule has 7 aromatic rings. The minimum absolute atomic E-state index is 0.139. The zero-order valence-electron chi connectivity index (χ0n) is 34.8. The summed E-state index contributed by atoms with van der Waals surface area (Å²) in [6.07, 6.45) is 13.5. The number of aromatic amines is 2. The van der Waals surface area contributed by atoms with Crippen molar-refractivity contribution >= 4 is 35.4 Å². The van der Waals surface area contributed by atoms with Crippen molar-refractivity contribution in [3.63, 3.8) is 0 Å². The van der Waals surface area contributed by atoms with E-state index in [1.807, 2.05) is 36.4 Å². The summed E-state index contributed by atoms with van der Waals surface area (Å²) in [5.74, 6) is -0.405. The molecule has 17 heteroatoms. The van der Waals surface area contributed by atoms with Crippen molar-refractivity contribution in [3.05, 3.63) is 120 Å². The highest BCUT2D eigenvalue weighted by molar-refractivity contribution is 5.94. The smallest absolute Gasteiger partial charge is 0.414 e. The maximum atomic E-state index is 12.6. The Labute approximate surface area is 366 Å². The van der Waals surface area contributed by atoms with Gasteiger partial charge in [-0.15, -0.1) is 0 Å². The lowest BCUT2D eigenvalue weighted by molar-refractivity contribution is -0.119. The molecule has 0 saturated carbocycles. The Hall–Kier alpha value is -7.82. The number of amides is 4. The molecule has 2 aliphatic carbocycles. The number of benzene rings is 2. The number of aromatic nitrogens is 4. The van der Waals surface area contributed by atoms with Crippen molar-refractivity contribution in [2.24, 2.45) is 0 Å². The van der Waals surface area contributed by atoms with E-state index in [4.69, 9.17) is 22.7 Å². The number of ether oxygens (including phenoxy) is 2. The van der Waals surface area contributed by atoms with Crippen LogP contribution in [0.25, 0.3) is 45.0 Å². The third kappa shape index (κ3) is 7.91. The number of cyclic esters (lactones) is 2. The zero-order valence-corrected chi connectivity index (χ0v) is 34.8. The van der Waals surface area contributed by atoms with E-state index in [2.05, 4.69) is 43.2 Å². The maximum Gasteiger partial charge on any atom is 0.414 e. The van der Waals surface area contributed by atoms with Gasteiger partial charge in [0.1, 0.15) is 18.5 Å². The van der Waals surface area contributed by atoms with Gasteiger partial charge in [0, 0.05) is 51.7 Å². The van der Waals surface area contributed by atoms with Crippen LogP contribution in [0.2, 0.25) is 0 Å². The Balaban J connectivity index is 0.000000153. The molecule has 0 spiro atoms. The molecule has 0 radical (unpaired) electrons. The van der Waals surface area contributed by atoms with E-state index >= 15 is 0 Å². The fourth-order valence-corrected chi connectivity index (χ4v) is 8.88. The number of hydrogen-bond donors (Lipinski definition) is 4. The Bertz CT molecular complexity index is 2820. The molecule has 7 heterocycles. The monoisotopic (exact) mass is 864 g/mol. The Morgan fingerprint density at radius 2 is 1.16 bits per heavy atom. The largest absolute Gasteiger partial charge is 0.472 e. The number of aryl methyl sites for hydroxylation is 2. The number of carbonyl (C=O) groups is 4. The summed E-state index contributed by atoms with van der Waals surface area (Å²) in [7, 11) is 0. The van der Waals surface area contributed by atoms with E-state index in [9.17, 15) is 19.2 Å². The lowest BCUT2D eigenvalue weighted by Gasteiger charge is -2.16. The summed E-state index contributed by atoms with van der Waals surface area (Å²) in [5, 5.41) is 21.0. The summed E-state index contributed by atoms with van der Waals surface area (Å²) in [5.41, 5.74) is 14.7. The highest BCUT2D eigenvalue weighted by Gasteiger charge is 2.35. The van der Waals surface area contributed by atoms with E-state index in [0.717, 1.165) is 100 Å². The third-order valence-electron chi connectivity index (χ3n) is 12.0. The van der Waals surface area contributed by atoms with Gasteiger partial charge in [-0.25, -0.2) is 9.59 Å². The van der Waals surface area contributed by atoms with Gasteiger partial charge in [0.2, 0.25) is 5.91 Å². The molecule has 17 nitrogen and oxygen atoms in total. The molecule has 4 aliphatic rings. The minimum atomic E-state index is -0.432. The van der Waals surface area contributed by atoms with Crippen LogP contribution >= 0.6 is 0 Å². The van der Waals surface area contributed by atoms with Gasteiger partial charge in [-0.05, 0) is 92.1 Å². The number of H-pyrrole nitrogens is 2. The predicted octanol–water partition coefficient (Wildman–Crippen LogP) is 7.46. The quantitative estimate of drug-likeness (QED) is 0.112. The number of nitrogens with zero attached hydrogens (tertiary/aromatic N) is 4. The van der Waals surface area contributed by atoms with Crippen molar-refractivity contribution in [1.29, 1.82) is 0 Å². The van der Waals surface area contributed by atoms with Crippen LogP contribution in [0.15, 0.2) is 105 Å². The van der Waals surface area contributed by atoms with Gasteiger partial charge in [-0.3, -0.25) is 29.6 Å². The lowest BCUT2D eigenvalue weighted by Crippen LogP contribution is -2.34. The standard InChI is InChI=1S/C25H22N4O5.C22H22N4O4/c30-24(17-7-9-33-14-17)26-11-19-12-29(25(31)34-19)18-4-5-20-15(10-18)2-1-3-21-22(27-28-23(20)21)16-6-8-32-13-16;1-13(27)23-10-17-11-26(22(28)30-17)16-5-6-18-14(9-16)3-2-4-19-20(24-25-21(18)19)15-7-8-29-12-15/h4-10,13-14,19H,1-3,11-12H2,(H,26,30)(H,27,28);5-9,12,17H,2-4,10-11H2,1H3,(H,23,27)(H,24,25)/t19-;17-/m00/s1. The van der Waals surface area contributed by atoms with Crippen LogP contribution in [0, 0.1) is 0 Å². The highest BCUT2D eigenvalue weighted by Crippen LogP contribution is 2.40. The van der Waals surface area contributed by atoms with Gasteiger partial charge in [-0.1, -0.05) is 12.1 Å². The van der Waals surface area contributed by atoms with Crippen LogP contribution in [0.5, 0.6) is 0 Å². The van der Waals surface area contributed by atoms with Gasteiger partial charge >= 0.3 is 12.2 Å². The van der Waals surface area contributed by atoms with Crippen LogP contribution in [-0.4, -0.2) is 82.8 Å². The van der Waals surface area contributed by atoms with Crippen molar-refractivity contribution in [2.75, 3.05) is 36.0 Å². The number of rotatable bonds is 9. The van der Waals surface area contributed by atoms with Crippen molar-refractivity contribution in [2.45, 2.75) is 57.7 Å². The number of hydrogen-bond acceptors (Lipinski definition) is 11. The summed E-state index contributed by atoms with van der Waals surface area (Å²) in [4.78, 5) is 51.4. The van der Waals surface area contributed by atoms with E-state index in [1.54, 1.807) is 40.9 Å². The van der Waals surface area contributed by atoms with E-state index in [0.29, 0.717) is 25.2 Å². The SMILES string of the molecule is CC(=O)NC[C@H]1CN(c2ccc3c(c2)CCCc2c(-c4ccoc4)n[nH]c2-3)C(=O)O1.O=C(NC[C@H]1CN(c2ccc3c(c2)CCCc2c(-c4ccoc4)n[nH]c2-3)C(=O)O1)c1ccoc1.